The predicted octanol–water partition coefficient (Wildman–Crippen LogP) is 2.67. The van der Waals surface area contributed by atoms with Gasteiger partial charge in [0.05, 0.1) is 24.7 Å². The summed E-state index contributed by atoms with van der Waals surface area (Å²) in [4.78, 5) is 19.5. The van der Waals surface area contributed by atoms with E-state index in [1.807, 2.05) is 6.92 Å². The highest BCUT2D eigenvalue weighted by molar-refractivity contribution is 6.01. The molecule has 1 aromatic heterocycles. The number of halogens is 1. The first-order valence-corrected chi connectivity index (χ1v) is 6.37. The van der Waals surface area contributed by atoms with Gasteiger partial charge in [0.25, 0.3) is 0 Å². The Kier molecular flexibility index (Phi) is 4.98. The Balaban J connectivity index is 1.97. The van der Waals surface area contributed by atoms with Crippen LogP contribution in [0.1, 0.15) is 12.5 Å². The van der Waals surface area contributed by atoms with Gasteiger partial charge in [0.1, 0.15) is 5.82 Å². The van der Waals surface area contributed by atoms with E-state index in [-0.39, 0.29) is 11.8 Å². The Morgan fingerprint density at radius 1 is 1.33 bits per heavy atom. The number of ether oxygens (including phenoxy) is 1. The van der Waals surface area contributed by atoms with Crippen molar-refractivity contribution in [3.8, 4) is 6.01 Å². The molecule has 0 bridgehead atoms. The molecular weight excluding hydrogens is 273 g/mol. The Morgan fingerprint density at radius 3 is 2.71 bits per heavy atom. The van der Waals surface area contributed by atoms with E-state index in [9.17, 15) is 9.18 Å². The van der Waals surface area contributed by atoms with Crippen LogP contribution in [0.4, 0.5) is 10.1 Å². The van der Waals surface area contributed by atoms with Gasteiger partial charge in [0, 0.05) is 11.6 Å². The van der Waals surface area contributed by atoms with Crippen LogP contribution in [0.15, 0.2) is 42.7 Å². The number of aromatic nitrogens is 2. The van der Waals surface area contributed by atoms with Gasteiger partial charge in [-0.1, -0.05) is 18.2 Å². The SMILES string of the molecule is CCOc1ncc(NC(=O)/C=C/c2ccccc2F)cn1. The van der Waals surface area contributed by atoms with Crippen molar-refractivity contribution in [3.63, 3.8) is 0 Å². The van der Waals surface area contributed by atoms with Gasteiger partial charge in [-0.05, 0) is 19.1 Å². The molecule has 0 aliphatic carbocycles. The summed E-state index contributed by atoms with van der Waals surface area (Å²) in [6.45, 7) is 2.30. The van der Waals surface area contributed by atoms with Crippen LogP contribution in [0, 0.1) is 5.82 Å². The molecule has 2 aromatic rings. The minimum absolute atomic E-state index is 0.248. The Bertz CT molecular complexity index is 642. The van der Waals surface area contributed by atoms with Crippen molar-refractivity contribution < 1.29 is 13.9 Å². The maximum atomic E-state index is 13.4. The zero-order chi connectivity index (χ0) is 15.1. The van der Waals surface area contributed by atoms with Gasteiger partial charge in [0.2, 0.25) is 5.91 Å². The number of carbonyl (C=O) groups is 1. The van der Waals surface area contributed by atoms with Crippen molar-refractivity contribution in [1.82, 2.24) is 9.97 Å². The van der Waals surface area contributed by atoms with Gasteiger partial charge in [0.15, 0.2) is 0 Å². The second-order valence-corrected chi connectivity index (χ2v) is 4.03. The fraction of sp³-hybridized carbons (Fsp3) is 0.133. The summed E-state index contributed by atoms with van der Waals surface area (Å²) in [7, 11) is 0. The molecular formula is C15H14FN3O2. The van der Waals surface area contributed by atoms with Crippen LogP contribution in [0.2, 0.25) is 0 Å². The highest BCUT2D eigenvalue weighted by Gasteiger charge is 2.02. The summed E-state index contributed by atoms with van der Waals surface area (Å²) in [6.07, 6.45) is 5.52. The standard InChI is InChI=1S/C15H14FN3O2/c1-2-21-15-17-9-12(10-18-15)19-14(20)8-7-11-5-3-4-6-13(11)16/h3-10H,2H2,1H3,(H,19,20)/b8-7+. The van der Waals surface area contributed by atoms with Crippen LogP contribution in [0.25, 0.3) is 6.08 Å². The first-order chi connectivity index (χ1) is 10.2. The number of hydrogen-bond donors (Lipinski definition) is 1. The van der Waals surface area contributed by atoms with Crippen molar-refractivity contribution in [2.75, 3.05) is 11.9 Å². The van der Waals surface area contributed by atoms with E-state index in [1.165, 1.54) is 30.6 Å². The molecule has 1 heterocycles. The van der Waals surface area contributed by atoms with Crippen molar-refractivity contribution in [1.29, 1.82) is 0 Å². The average molecular weight is 287 g/mol. The molecule has 0 radical (unpaired) electrons. The Labute approximate surface area is 121 Å². The summed E-state index contributed by atoms with van der Waals surface area (Å²) in [5, 5.41) is 2.57. The minimum Gasteiger partial charge on any atom is -0.464 e. The molecule has 0 unspecified atom stereocenters. The summed E-state index contributed by atoms with van der Waals surface area (Å²) in [6, 6.07) is 6.44. The number of anilines is 1. The van der Waals surface area contributed by atoms with Crippen molar-refractivity contribution >= 4 is 17.7 Å². The van der Waals surface area contributed by atoms with E-state index in [2.05, 4.69) is 15.3 Å². The van der Waals surface area contributed by atoms with Gasteiger partial charge in [-0.25, -0.2) is 14.4 Å². The highest BCUT2D eigenvalue weighted by atomic mass is 19.1. The van der Waals surface area contributed by atoms with E-state index in [1.54, 1.807) is 18.2 Å². The third-order valence-corrected chi connectivity index (χ3v) is 2.49. The molecule has 0 aliphatic rings. The van der Waals surface area contributed by atoms with E-state index in [4.69, 9.17) is 4.74 Å². The zero-order valence-electron chi connectivity index (χ0n) is 11.4. The molecule has 1 amide bonds. The summed E-state index contributed by atoms with van der Waals surface area (Å²) >= 11 is 0. The maximum absolute atomic E-state index is 13.4. The fourth-order valence-corrected chi connectivity index (χ4v) is 1.54. The predicted molar refractivity (Wildman–Crippen MR) is 77.3 cm³/mol. The van der Waals surface area contributed by atoms with Gasteiger partial charge >= 0.3 is 6.01 Å². The maximum Gasteiger partial charge on any atom is 0.316 e. The van der Waals surface area contributed by atoms with Crippen LogP contribution < -0.4 is 10.1 Å². The molecule has 1 aromatic carbocycles. The summed E-state index contributed by atoms with van der Waals surface area (Å²) < 4.78 is 18.5. The number of benzene rings is 1. The molecule has 0 saturated heterocycles. The first-order valence-electron chi connectivity index (χ1n) is 6.37. The van der Waals surface area contributed by atoms with E-state index < -0.39 is 5.91 Å². The lowest BCUT2D eigenvalue weighted by Crippen LogP contribution is -2.08. The zero-order valence-corrected chi connectivity index (χ0v) is 11.4. The minimum atomic E-state index is -0.397. The second-order valence-electron chi connectivity index (χ2n) is 4.03. The van der Waals surface area contributed by atoms with Crippen LogP contribution in [0.3, 0.4) is 0 Å². The molecule has 21 heavy (non-hydrogen) atoms. The third-order valence-electron chi connectivity index (χ3n) is 2.49. The third kappa shape index (κ3) is 4.38. The van der Waals surface area contributed by atoms with Crippen molar-refractivity contribution in [2.24, 2.45) is 0 Å². The van der Waals surface area contributed by atoms with E-state index >= 15 is 0 Å². The first kappa shape index (κ1) is 14.6. The lowest BCUT2D eigenvalue weighted by molar-refractivity contribution is -0.111. The lowest BCUT2D eigenvalue weighted by atomic mass is 10.2. The molecule has 0 saturated carbocycles. The van der Waals surface area contributed by atoms with Crippen LogP contribution >= 0.6 is 0 Å². The number of nitrogens with one attached hydrogen (secondary N) is 1. The molecule has 5 nitrogen and oxygen atoms in total. The van der Waals surface area contributed by atoms with Gasteiger partial charge < -0.3 is 10.1 Å². The number of nitrogens with zero attached hydrogens (tertiary/aromatic N) is 2. The largest absolute Gasteiger partial charge is 0.464 e. The second kappa shape index (κ2) is 7.14. The van der Waals surface area contributed by atoms with E-state index in [0.717, 1.165) is 0 Å². The van der Waals surface area contributed by atoms with Crippen molar-refractivity contribution in [2.45, 2.75) is 6.92 Å². The molecule has 6 heteroatoms. The number of hydrogen-bond acceptors (Lipinski definition) is 4. The van der Waals surface area contributed by atoms with Gasteiger partial charge in [-0.15, -0.1) is 0 Å². The normalized spacial score (nSPS) is 10.6. The Morgan fingerprint density at radius 2 is 2.05 bits per heavy atom. The molecule has 2 rings (SSSR count). The highest BCUT2D eigenvalue weighted by Crippen LogP contribution is 2.10. The van der Waals surface area contributed by atoms with Crippen LogP contribution in [-0.2, 0) is 4.79 Å². The monoisotopic (exact) mass is 287 g/mol. The molecule has 108 valence electrons. The number of carbonyl (C=O) groups excluding carboxylic acids is 1. The molecule has 0 atom stereocenters. The Hall–Kier alpha value is -2.76. The number of rotatable bonds is 5. The van der Waals surface area contributed by atoms with Gasteiger partial charge in [-0.3, -0.25) is 4.79 Å². The average Bonchev–Trinajstić information content (AvgIpc) is 2.49. The molecule has 1 N–H and O–H groups in total. The smallest absolute Gasteiger partial charge is 0.316 e. The number of amides is 1. The van der Waals surface area contributed by atoms with Crippen LogP contribution in [0.5, 0.6) is 6.01 Å². The molecule has 0 spiro atoms. The topological polar surface area (TPSA) is 64.1 Å². The fourth-order valence-electron chi connectivity index (χ4n) is 1.54. The van der Waals surface area contributed by atoms with Gasteiger partial charge in [-0.2, -0.15) is 0 Å². The van der Waals surface area contributed by atoms with E-state index in [0.29, 0.717) is 17.9 Å². The summed E-state index contributed by atoms with van der Waals surface area (Å²) in [5.74, 6) is -0.781. The molecule has 0 aliphatic heterocycles. The summed E-state index contributed by atoms with van der Waals surface area (Å²) in [5.41, 5.74) is 0.775. The molecule has 0 fully saturated rings. The lowest BCUT2D eigenvalue weighted by Gasteiger charge is -2.03. The quantitative estimate of drug-likeness (QED) is 0.859. The van der Waals surface area contributed by atoms with Crippen LogP contribution in [-0.4, -0.2) is 22.5 Å². The van der Waals surface area contributed by atoms with Crippen molar-refractivity contribution in [3.05, 3.63) is 54.1 Å².